The standard InChI is InChI=1S/C14H20O3/c1-11(15)2-3-12-4-6-13(7-5-12)17-14-8-9-16-10-14/h4-7,11,14-15H,2-3,8-10H2,1H3. The Labute approximate surface area is 102 Å². The summed E-state index contributed by atoms with van der Waals surface area (Å²) in [5.41, 5.74) is 1.24. The first-order chi connectivity index (χ1) is 8.24. The zero-order valence-corrected chi connectivity index (χ0v) is 10.3. The average molecular weight is 236 g/mol. The van der Waals surface area contributed by atoms with Gasteiger partial charge in [0, 0.05) is 6.42 Å². The summed E-state index contributed by atoms with van der Waals surface area (Å²) in [6.07, 6.45) is 2.66. The van der Waals surface area contributed by atoms with Crippen molar-refractivity contribution >= 4 is 0 Å². The molecule has 0 amide bonds. The lowest BCUT2D eigenvalue weighted by atomic mass is 10.1. The Morgan fingerprint density at radius 3 is 2.76 bits per heavy atom. The lowest BCUT2D eigenvalue weighted by molar-refractivity contribution is 0.141. The van der Waals surface area contributed by atoms with Crippen molar-refractivity contribution in [3.05, 3.63) is 29.8 Å². The highest BCUT2D eigenvalue weighted by Gasteiger charge is 2.16. The third kappa shape index (κ3) is 4.02. The van der Waals surface area contributed by atoms with Gasteiger partial charge in [-0.1, -0.05) is 12.1 Å². The van der Waals surface area contributed by atoms with E-state index in [0.717, 1.165) is 31.6 Å². The average Bonchev–Trinajstić information content (AvgIpc) is 2.81. The summed E-state index contributed by atoms with van der Waals surface area (Å²) < 4.78 is 11.0. The third-order valence-electron chi connectivity index (χ3n) is 2.96. The maximum atomic E-state index is 9.22. The summed E-state index contributed by atoms with van der Waals surface area (Å²) in [6.45, 7) is 3.32. The Morgan fingerprint density at radius 1 is 1.41 bits per heavy atom. The molecule has 0 radical (unpaired) electrons. The predicted molar refractivity (Wildman–Crippen MR) is 66.3 cm³/mol. The highest BCUT2D eigenvalue weighted by molar-refractivity contribution is 5.27. The molecule has 1 aliphatic rings. The largest absolute Gasteiger partial charge is 0.488 e. The first kappa shape index (κ1) is 12.4. The van der Waals surface area contributed by atoms with Gasteiger partial charge in [-0.05, 0) is 37.5 Å². The molecule has 0 spiro atoms. The van der Waals surface area contributed by atoms with Crippen molar-refractivity contribution in [1.29, 1.82) is 0 Å². The van der Waals surface area contributed by atoms with Crippen molar-refractivity contribution < 1.29 is 14.6 Å². The molecule has 17 heavy (non-hydrogen) atoms. The van der Waals surface area contributed by atoms with E-state index >= 15 is 0 Å². The van der Waals surface area contributed by atoms with Gasteiger partial charge in [0.25, 0.3) is 0 Å². The molecule has 2 rings (SSSR count). The Kier molecular flexibility index (Phi) is 4.40. The van der Waals surface area contributed by atoms with Gasteiger partial charge in [0.15, 0.2) is 0 Å². The van der Waals surface area contributed by atoms with Crippen LogP contribution >= 0.6 is 0 Å². The second kappa shape index (κ2) is 6.03. The Balaban J connectivity index is 1.84. The van der Waals surface area contributed by atoms with Crippen LogP contribution in [0.2, 0.25) is 0 Å². The van der Waals surface area contributed by atoms with Gasteiger partial charge < -0.3 is 14.6 Å². The molecule has 1 aromatic carbocycles. The zero-order valence-electron chi connectivity index (χ0n) is 10.3. The SMILES string of the molecule is CC(O)CCc1ccc(OC2CCOC2)cc1. The molecule has 2 unspecified atom stereocenters. The lowest BCUT2D eigenvalue weighted by Gasteiger charge is -2.12. The van der Waals surface area contributed by atoms with Gasteiger partial charge in [-0.25, -0.2) is 0 Å². The summed E-state index contributed by atoms with van der Waals surface area (Å²) in [5.74, 6) is 0.904. The van der Waals surface area contributed by atoms with E-state index in [4.69, 9.17) is 9.47 Å². The van der Waals surface area contributed by atoms with Crippen molar-refractivity contribution in [3.8, 4) is 5.75 Å². The molecule has 1 aliphatic heterocycles. The minimum atomic E-state index is -0.235. The molecule has 3 nitrogen and oxygen atoms in total. The summed E-state index contributed by atoms with van der Waals surface area (Å²) in [6, 6.07) is 8.12. The van der Waals surface area contributed by atoms with Crippen LogP contribution in [0.25, 0.3) is 0 Å². The summed E-state index contributed by atoms with van der Waals surface area (Å²) in [5, 5.41) is 9.22. The van der Waals surface area contributed by atoms with Crippen LogP contribution in [0.4, 0.5) is 0 Å². The number of ether oxygens (including phenoxy) is 2. The fourth-order valence-electron chi connectivity index (χ4n) is 1.91. The molecule has 0 saturated carbocycles. The molecule has 0 bridgehead atoms. The molecule has 94 valence electrons. The minimum absolute atomic E-state index is 0.207. The van der Waals surface area contributed by atoms with Gasteiger partial charge in [0.05, 0.1) is 19.3 Å². The number of aliphatic hydroxyl groups is 1. The van der Waals surface area contributed by atoms with E-state index in [1.165, 1.54) is 5.56 Å². The van der Waals surface area contributed by atoms with Crippen LogP contribution in [0.1, 0.15) is 25.3 Å². The molecular formula is C14H20O3. The first-order valence-electron chi connectivity index (χ1n) is 6.25. The summed E-state index contributed by atoms with van der Waals surface area (Å²) in [7, 11) is 0. The normalized spacial score (nSPS) is 21.4. The van der Waals surface area contributed by atoms with Crippen LogP contribution in [0.3, 0.4) is 0 Å². The Bertz CT molecular complexity index is 326. The maximum absolute atomic E-state index is 9.22. The fourth-order valence-corrected chi connectivity index (χ4v) is 1.91. The Morgan fingerprint density at radius 2 is 2.18 bits per heavy atom. The topological polar surface area (TPSA) is 38.7 Å². The van der Waals surface area contributed by atoms with Gasteiger partial charge in [-0.15, -0.1) is 0 Å². The number of hydrogen-bond donors (Lipinski definition) is 1. The van der Waals surface area contributed by atoms with Crippen LogP contribution in [0, 0.1) is 0 Å². The summed E-state index contributed by atoms with van der Waals surface area (Å²) >= 11 is 0. The fraction of sp³-hybridized carbons (Fsp3) is 0.571. The molecule has 0 aliphatic carbocycles. The molecule has 1 fully saturated rings. The van der Waals surface area contributed by atoms with E-state index in [2.05, 4.69) is 12.1 Å². The van der Waals surface area contributed by atoms with Gasteiger partial charge >= 0.3 is 0 Å². The van der Waals surface area contributed by atoms with E-state index in [1.54, 1.807) is 0 Å². The number of aryl methyl sites for hydroxylation is 1. The van der Waals surface area contributed by atoms with Crippen molar-refractivity contribution in [2.24, 2.45) is 0 Å². The maximum Gasteiger partial charge on any atom is 0.124 e. The third-order valence-corrected chi connectivity index (χ3v) is 2.96. The second-order valence-corrected chi connectivity index (χ2v) is 4.64. The zero-order chi connectivity index (χ0) is 12.1. The highest BCUT2D eigenvalue weighted by Crippen LogP contribution is 2.18. The quantitative estimate of drug-likeness (QED) is 0.851. The monoisotopic (exact) mass is 236 g/mol. The molecular weight excluding hydrogens is 216 g/mol. The second-order valence-electron chi connectivity index (χ2n) is 4.64. The van der Waals surface area contributed by atoms with Crippen LogP contribution < -0.4 is 4.74 Å². The van der Waals surface area contributed by atoms with Crippen molar-refractivity contribution in [3.63, 3.8) is 0 Å². The Hall–Kier alpha value is -1.06. The van der Waals surface area contributed by atoms with Crippen molar-refractivity contribution in [2.45, 2.75) is 38.4 Å². The van der Waals surface area contributed by atoms with Crippen molar-refractivity contribution in [2.75, 3.05) is 13.2 Å². The molecule has 1 heterocycles. The molecule has 2 atom stereocenters. The van der Waals surface area contributed by atoms with E-state index in [0.29, 0.717) is 6.61 Å². The van der Waals surface area contributed by atoms with Gasteiger partial charge in [0.1, 0.15) is 11.9 Å². The number of benzene rings is 1. The first-order valence-corrected chi connectivity index (χ1v) is 6.25. The van der Waals surface area contributed by atoms with E-state index in [-0.39, 0.29) is 12.2 Å². The van der Waals surface area contributed by atoms with Gasteiger partial charge in [-0.2, -0.15) is 0 Å². The molecule has 1 N–H and O–H groups in total. The molecule has 1 aromatic rings. The van der Waals surface area contributed by atoms with Crippen LogP contribution in [-0.2, 0) is 11.2 Å². The van der Waals surface area contributed by atoms with E-state index < -0.39 is 0 Å². The number of rotatable bonds is 5. The van der Waals surface area contributed by atoms with Gasteiger partial charge in [0.2, 0.25) is 0 Å². The minimum Gasteiger partial charge on any atom is -0.488 e. The number of aliphatic hydroxyl groups excluding tert-OH is 1. The smallest absolute Gasteiger partial charge is 0.124 e. The van der Waals surface area contributed by atoms with Crippen LogP contribution in [0.5, 0.6) is 5.75 Å². The molecule has 3 heteroatoms. The lowest BCUT2D eigenvalue weighted by Crippen LogP contribution is -2.15. The van der Waals surface area contributed by atoms with Crippen molar-refractivity contribution in [1.82, 2.24) is 0 Å². The van der Waals surface area contributed by atoms with Crippen LogP contribution in [0.15, 0.2) is 24.3 Å². The van der Waals surface area contributed by atoms with Crippen LogP contribution in [-0.4, -0.2) is 30.5 Å². The molecule has 0 aromatic heterocycles. The predicted octanol–water partition coefficient (Wildman–Crippen LogP) is 2.17. The number of hydrogen-bond acceptors (Lipinski definition) is 3. The molecule has 1 saturated heterocycles. The summed E-state index contributed by atoms with van der Waals surface area (Å²) in [4.78, 5) is 0. The van der Waals surface area contributed by atoms with E-state index in [1.807, 2.05) is 19.1 Å². The van der Waals surface area contributed by atoms with Gasteiger partial charge in [-0.3, -0.25) is 0 Å². The highest BCUT2D eigenvalue weighted by atomic mass is 16.5. The van der Waals surface area contributed by atoms with E-state index in [9.17, 15) is 5.11 Å².